The third kappa shape index (κ3) is 6.58. The zero-order chi connectivity index (χ0) is 26.4. The highest BCUT2D eigenvalue weighted by molar-refractivity contribution is 14.1. The van der Waals surface area contributed by atoms with E-state index >= 15 is 0 Å². The number of carbonyl (C=O) groups is 2. The Balaban J connectivity index is 1.52. The zero-order valence-electron chi connectivity index (χ0n) is 20.6. The van der Waals surface area contributed by atoms with Gasteiger partial charge in [0.1, 0.15) is 6.04 Å². The highest BCUT2D eigenvalue weighted by Crippen LogP contribution is 2.29. The number of anilines is 1. The van der Waals surface area contributed by atoms with Crippen molar-refractivity contribution in [3.05, 3.63) is 87.5 Å². The van der Waals surface area contributed by atoms with Gasteiger partial charge in [0.05, 0.1) is 27.2 Å². The van der Waals surface area contributed by atoms with Crippen molar-refractivity contribution in [2.75, 3.05) is 26.1 Å². The maximum atomic E-state index is 13.5. The quantitative estimate of drug-likeness (QED) is 0.255. The van der Waals surface area contributed by atoms with E-state index in [1.807, 2.05) is 77.7 Å². The number of ether oxygens (including phenoxy) is 2. The summed E-state index contributed by atoms with van der Waals surface area (Å²) in [6.07, 6.45) is 0.615. The molecule has 37 heavy (non-hydrogen) atoms. The largest absolute Gasteiger partial charge is 0.493 e. The molecule has 3 aromatic rings. The van der Waals surface area contributed by atoms with Gasteiger partial charge in [0.15, 0.2) is 16.6 Å². The topological polar surface area (TPSA) is 71.1 Å². The fourth-order valence-corrected chi connectivity index (χ4v) is 5.00. The molecule has 1 aliphatic heterocycles. The molecular weight excluding hydrogens is 601 g/mol. The number of carbonyl (C=O) groups excluding carboxylic acids is 2. The van der Waals surface area contributed by atoms with Crippen molar-refractivity contribution >= 4 is 57.4 Å². The molecule has 1 fully saturated rings. The Bertz CT molecular complexity index is 1270. The molecule has 1 aliphatic rings. The zero-order valence-corrected chi connectivity index (χ0v) is 23.6. The van der Waals surface area contributed by atoms with Crippen LogP contribution in [0.2, 0.25) is 0 Å². The number of thiocarbonyl (C=S) groups is 1. The Morgan fingerprint density at radius 2 is 1.68 bits per heavy atom. The van der Waals surface area contributed by atoms with Gasteiger partial charge in [0.25, 0.3) is 5.91 Å². The molecule has 3 aromatic carbocycles. The molecule has 1 heterocycles. The van der Waals surface area contributed by atoms with E-state index < -0.39 is 6.04 Å². The summed E-state index contributed by atoms with van der Waals surface area (Å²) >= 11 is 7.98. The summed E-state index contributed by atoms with van der Waals surface area (Å²) in [5, 5.41) is 3.34. The molecule has 0 saturated carbocycles. The van der Waals surface area contributed by atoms with Gasteiger partial charge in [0, 0.05) is 15.8 Å². The number of benzene rings is 3. The lowest BCUT2D eigenvalue weighted by Crippen LogP contribution is -2.39. The minimum Gasteiger partial charge on any atom is -0.493 e. The van der Waals surface area contributed by atoms with Gasteiger partial charge in [-0.1, -0.05) is 36.4 Å². The average molecular weight is 630 g/mol. The van der Waals surface area contributed by atoms with Crippen LogP contribution in [0.5, 0.6) is 11.5 Å². The molecule has 1 unspecified atom stereocenters. The van der Waals surface area contributed by atoms with Crippen molar-refractivity contribution in [2.45, 2.75) is 25.4 Å². The van der Waals surface area contributed by atoms with E-state index in [0.717, 1.165) is 14.7 Å². The van der Waals surface area contributed by atoms with E-state index in [1.54, 1.807) is 19.1 Å². The monoisotopic (exact) mass is 629 g/mol. The minimum absolute atomic E-state index is 0.00217. The summed E-state index contributed by atoms with van der Waals surface area (Å²) in [6, 6.07) is 22.3. The fraction of sp³-hybridized carbons (Fsp3) is 0.250. The second-order valence-electron chi connectivity index (χ2n) is 8.60. The third-order valence-electron chi connectivity index (χ3n) is 6.18. The molecule has 0 bridgehead atoms. The van der Waals surface area contributed by atoms with Gasteiger partial charge in [-0.05, 0) is 88.8 Å². The average Bonchev–Trinajstić information content (AvgIpc) is 3.12. The highest BCUT2D eigenvalue weighted by atomic mass is 127. The van der Waals surface area contributed by atoms with Crippen LogP contribution < -0.4 is 14.8 Å². The molecule has 2 amide bonds. The van der Waals surface area contributed by atoms with Gasteiger partial charge in [-0.15, -0.1) is 0 Å². The summed E-state index contributed by atoms with van der Waals surface area (Å²) in [5.41, 5.74) is 2.68. The molecule has 0 aromatic heterocycles. The first kappa shape index (κ1) is 26.9. The first-order valence-corrected chi connectivity index (χ1v) is 13.3. The maximum absolute atomic E-state index is 13.5. The van der Waals surface area contributed by atoms with Crippen LogP contribution in [0.3, 0.4) is 0 Å². The smallest absolute Gasteiger partial charge is 0.252 e. The Hall–Kier alpha value is -3.18. The lowest BCUT2D eigenvalue weighted by Gasteiger charge is -2.24. The van der Waals surface area contributed by atoms with E-state index in [0.29, 0.717) is 41.8 Å². The summed E-state index contributed by atoms with van der Waals surface area (Å²) in [5.74, 6) is 0.885. The number of nitrogens with zero attached hydrogens (tertiary/aromatic N) is 2. The molecule has 0 radical (unpaired) electrons. The maximum Gasteiger partial charge on any atom is 0.252 e. The lowest BCUT2D eigenvalue weighted by molar-refractivity contribution is -0.131. The van der Waals surface area contributed by atoms with Gasteiger partial charge >= 0.3 is 0 Å². The molecule has 4 rings (SSSR count). The number of hydrogen-bond donors (Lipinski definition) is 1. The van der Waals surface area contributed by atoms with Crippen LogP contribution in [0, 0.1) is 3.57 Å². The van der Waals surface area contributed by atoms with Crippen molar-refractivity contribution in [3.8, 4) is 11.5 Å². The minimum atomic E-state index is -0.680. The first-order chi connectivity index (χ1) is 17.9. The normalized spacial score (nSPS) is 15.2. The van der Waals surface area contributed by atoms with E-state index in [4.69, 9.17) is 21.7 Å². The fourth-order valence-electron chi connectivity index (χ4n) is 4.26. The van der Waals surface area contributed by atoms with Gasteiger partial charge in [0.2, 0.25) is 5.91 Å². The number of amides is 2. The highest BCUT2D eigenvalue weighted by Gasteiger charge is 2.43. The summed E-state index contributed by atoms with van der Waals surface area (Å²) in [4.78, 5) is 30.0. The van der Waals surface area contributed by atoms with Crippen LogP contribution in [-0.2, 0) is 22.6 Å². The molecule has 1 N–H and O–H groups in total. The lowest BCUT2D eigenvalue weighted by atomic mass is 10.1. The Kier molecular flexibility index (Phi) is 8.99. The van der Waals surface area contributed by atoms with Crippen LogP contribution in [0.25, 0.3) is 0 Å². The molecule has 192 valence electrons. The second kappa shape index (κ2) is 12.4. The van der Waals surface area contributed by atoms with Crippen molar-refractivity contribution in [3.63, 3.8) is 0 Å². The van der Waals surface area contributed by atoms with E-state index in [-0.39, 0.29) is 18.2 Å². The molecule has 1 atom stereocenters. The van der Waals surface area contributed by atoms with Crippen molar-refractivity contribution < 1.29 is 19.1 Å². The van der Waals surface area contributed by atoms with Gasteiger partial charge in [-0.25, -0.2) is 0 Å². The molecule has 0 aliphatic carbocycles. The molecular formula is C28H28IN3O4S. The van der Waals surface area contributed by atoms with Crippen LogP contribution in [0.1, 0.15) is 17.5 Å². The summed E-state index contributed by atoms with van der Waals surface area (Å²) < 4.78 is 11.8. The van der Waals surface area contributed by atoms with Crippen LogP contribution in [-0.4, -0.2) is 53.5 Å². The van der Waals surface area contributed by atoms with Crippen LogP contribution in [0.4, 0.5) is 5.69 Å². The van der Waals surface area contributed by atoms with Crippen LogP contribution in [0.15, 0.2) is 72.8 Å². The summed E-state index contributed by atoms with van der Waals surface area (Å²) in [6.45, 7) is 0.841. The first-order valence-electron chi connectivity index (χ1n) is 11.8. The van der Waals surface area contributed by atoms with Crippen LogP contribution >= 0.6 is 34.8 Å². The molecule has 0 spiro atoms. The van der Waals surface area contributed by atoms with E-state index in [9.17, 15) is 9.59 Å². The summed E-state index contributed by atoms with van der Waals surface area (Å²) in [7, 11) is 3.19. The molecule has 9 heteroatoms. The van der Waals surface area contributed by atoms with Gasteiger partial charge < -0.3 is 19.7 Å². The third-order valence-corrected chi connectivity index (χ3v) is 7.36. The van der Waals surface area contributed by atoms with Crippen molar-refractivity contribution in [1.29, 1.82) is 0 Å². The number of nitrogens with one attached hydrogen (secondary N) is 1. The number of halogens is 1. The van der Waals surface area contributed by atoms with Crippen molar-refractivity contribution in [2.24, 2.45) is 0 Å². The SMILES string of the molecule is COc1ccc(CCN2C(=S)N(Cc3ccccc3)C(=O)C2CC(=O)Nc2ccc(I)cc2)cc1OC. The second-order valence-corrected chi connectivity index (χ2v) is 10.2. The Labute approximate surface area is 235 Å². The number of hydrogen-bond acceptors (Lipinski definition) is 5. The number of methoxy groups -OCH3 is 2. The van der Waals surface area contributed by atoms with E-state index in [2.05, 4.69) is 27.9 Å². The Morgan fingerprint density at radius 1 is 0.973 bits per heavy atom. The predicted octanol–water partition coefficient (Wildman–Crippen LogP) is 4.88. The number of rotatable bonds is 10. The van der Waals surface area contributed by atoms with Gasteiger partial charge in [-0.2, -0.15) is 0 Å². The molecule has 1 saturated heterocycles. The predicted molar refractivity (Wildman–Crippen MR) is 156 cm³/mol. The molecule has 7 nitrogen and oxygen atoms in total. The van der Waals surface area contributed by atoms with Crippen molar-refractivity contribution in [1.82, 2.24) is 9.80 Å². The standard InChI is InChI=1S/C28H28IN3O4S/c1-35-24-13-8-19(16-25(24)36-2)14-15-31-23(17-26(33)30-22-11-9-21(29)10-12-22)27(34)32(28(31)37)18-20-6-4-3-5-7-20/h3-13,16,23H,14-15,17-18H2,1-2H3,(H,30,33). The van der Waals surface area contributed by atoms with E-state index in [1.165, 1.54) is 0 Å². The van der Waals surface area contributed by atoms with Gasteiger partial charge in [-0.3, -0.25) is 14.5 Å². The Morgan fingerprint density at radius 3 is 2.35 bits per heavy atom.